The van der Waals surface area contributed by atoms with E-state index in [1.165, 1.54) is 12.1 Å². The molecule has 0 radical (unpaired) electrons. The standard InChI is InChI=1S/C8H8F2.CH3F.CH2O/c1-6-3-2-4-7(5-6)8(9)10;2*1-2/h2-5,8H,1H3;1H3;1H2. The quantitative estimate of drug-likeness (QED) is 0.688. The van der Waals surface area contributed by atoms with Crippen LogP contribution in [0.25, 0.3) is 0 Å². The largest absolute Gasteiger partial charge is 0.307 e. The van der Waals surface area contributed by atoms with E-state index in [1.807, 2.05) is 6.79 Å². The van der Waals surface area contributed by atoms with E-state index in [4.69, 9.17) is 4.79 Å². The third-order valence-electron chi connectivity index (χ3n) is 1.29. The molecule has 1 aromatic rings. The molecular formula is C10H13F3O. The second-order valence-corrected chi connectivity index (χ2v) is 2.21. The zero-order chi connectivity index (χ0) is 11.6. The first kappa shape index (κ1) is 15.2. The van der Waals surface area contributed by atoms with Crippen LogP contribution in [-0.2, 0) is 4.79 Å². The lowest BCUT2D eigenvalue weighted by Crippen LogP contribution is -1.83. The van der Waals surface area contributed by atoms with Gasteiger partial charge in [0.2, 0.25) is 0 Å². The van der Waals surface area contributed by atoms with Gasteiger partial charge in [-0.25, -0.2) is 8.78 Å². The van der Waals surface area contributed by atoms with Gasteiger partial charge in [0, 0.05) is 5.56 Å². The van der Waals surface area contributed by atoms with Crippen molar-refractivity contribution >= 4 is 6.79 Å². The summed E-state index contributed by atoms with van der Waals surface area (Å²) in [7, 11) is 0.500. The van der Waals surface area contributed by atoms with Crippen LogP contribution in [0.3, 0.4) is 0 Å². The van der Waals surface area contributed by atoms with Gasteiger partial charge in [-0.15, -0.1) is 0 Å². The summed E-state index contributed by atoms with van der Waals surface area (Å²) in [6.07, 6.45) is -2.35. The van der Waals surface area contributed by atoms with Crippen molar-refractivity contribution in [2.45, 2.75) is 13.3 Å². The Morgan fingerprint density at radius 1 is 1.21 bits per heavy atom. The normalized spacial score (nSPS) is 8.14. The van der Waals surface area contributed by atoms with Gasteiger partial charge in [0.25, 0.3) is 6.43 Å². The van der Waals surface area contributed by atoms with Crippen molar-refractivity contribution in [1.29, 1.82) is 0 Å². The van der Waals surface area contributed by atoms with Crippen LogP contribution in [0.4, 0.5) is 13.2 Å². The number of aryl methyl sites for hydroxylation is 1. The minimum atomic E-state index is -2.35. The maximum absolute atomic E-state index is 11.9. The van der Waals surface area contributed by atoms with Crippen molar-refractivity contribution in [1.82, 2.24) is 0 Å². The number of hydrogen-bond donors (Lipinski definition) is 0. The molecule has 1 rings (SSSR count). The lowest BCUT2D eigenvalue weighted by molar-refractivity contribution is -0.0979. The molecule has 0 heterocycles. The number of halogens is 3. The highest BCUT2D eigenvalue weighted by atomic mass is 19.3. The highest BCUT2D eigenvalue weighted by Crippen LogP contribution is 2.18. The maximum Gasteiger partial charge on any atom is 0.263 e. The zero-order valence-electron chi connectivity index (χ0n) is 8.14. The summed E-state index contributed by atoms with van der Waals surface area (Å²) >= 11 is 0. The van der Waals surface area contributed by atoms with Gasteiger partial charge in [-0.2, -0.15) is 0 Å². The van der Waals surface area contributed by atoms with Gasteiger partial charge in [-0.1, -0.05) is 29.8 Å². The van der Waals surface area contributed by atoms with Crippen LogP contribution < -0.4 is 0 Å². The van der Waals surface area contributed by atoms with Crippen molar-refractivity contribution in [3.63, 3.8) is 0 Å². The zero-order valence-corrected chi connectivity index (χ0v) is 8.14. The summed E-state index contributed by atoms with van der Waals surface area (Å²) in [5.41, 5.74) is 0.970. The SMILES string of the molecule is C=O.CF.Cc1cccc(C(F)F)c1. The Morgan fingerprint density at radius 3 is 2.00 bits per heavy atom. The van der Waals surface area contributed by atoms with Crippen LogP contribution in [0.5, 0.6) is 0 Å². The van der Waals surface area contributed by atoms with Gasteiger partial charge in [0.1, 0.15) is 6.79 Å². The summed E-state index contributed by atoms with van der Waals surface area (Å²) in [5.74, 6) is 0. The average molecular weight is 206 g/mol. The van der Waals surface area contributed by atoms with Crippen LogP contribution in [0.2, 0.25) is 0 Å². The van der Waals surface area contributed by atoms with E-state index in [2.05, 4.69) is 0 Å². The Bertz CT molecular complexity index is 239. The van der Waals surface area contributed by atoms with Gasteiger partial charge in [0.15, 0.2) is 0 Å². The second-order valence-electron chi connectivity index (χ2n) is 2.21. The predicted molar refractivity (Wildman–Crippen MR) is 50.3 cm³/mol. The minimum Gasteiger partial charge on any atom is -0.307 e. The summed E-state index contributed by atoms with van der Waals surface area (Å²) in [5, 5.41) is 0. The van der Waals surface area contributed by atoms with Crippen LogP contribution in [-0.4, -0.2) is 14.0 Å². The number of alkyl halides is 3. The van der Waals surface area contributed by atoms with E-state index >= 15 is 0 Å². The van der Waals surface area contributed by atoms with E-state index in [9.17, 15) is 13.2 Å². The molecule has 1 aromatic carbocycles. The molecule has 0 unspecified atom stereocenters. The fraction of sp³-hybridized carbons (Fsp3) is 0.300. The van der Waals surface area contributed by atoms with Crippen molar-refractivity contribution in [2.24, 2.45) is 0 Å². The number of carbonyl (C=O) groups excluding carboxylic acids is 1. The van der Waals surface area contributed by atoms with Crippen LogP contribution >= 0.6 is 0 Å². The maximum atomic E-state index is 11.9. The molecule has 0 fully saturated rings. The highest BCUT2D eigenvalue weighted by molar-refractivity contribution is 5.22. The number of benzene rings is 1. The summed E-state index contributed by atoms with van der Waals surface area (Å²) in [6, 6.07) is 6.35. The van der Waals surface area contributed by atoms with E-state index in [0.717, 1.165) is 5.56 Å². The number of rotatable bonds is 1. The summed E-state index contributed by atoms with van der Waals surface area (Å²) in [6.45, 7) is 3.80. The smallest absolute Gasteiger partial charge is 0.263 e. The van der Waals surface area contributed by atoms with E-state index in [-0.39, 0.29) is 5.56 Å². The molecule has 0 saturated carbocycles. The third-order valence-corrected chi connectivity index (χ3v) is 1.29. The second kappa shape index (κ2) is 9.77. The van der Waals surface area contributed by atoms with E-state index in [0.29, 0.717) is 7.18 Å². The molecule has 0 amide bonds. The summed E-state index contributed by atoms with van der Waals surface area (Å²) < 4.78 is 33.4. The molecule has 4 heteroatoms. The lowest BCUT2D eigenvalue weighted by atomic mass is 10.1. The molecule has 14 heavy (non-hydrogen) atoms. The van der Waals surface area contributed by atoms with E-state index in [1.54, 1.807) is 19.1 Å². The topological polar surface area (TPSA) is 17.1 Å². The average Bonchev–Trinajstić information content (AvgIpc) is 2.24. The first-order chi connectivity index (χ1) is 6.70. The van der Waals surface area contributed by atoms with Crippen molar-refractivity contribution in [2.75, 3.05) is 7.18 Å². The first-order valence-corrected chi connectivity index (χ1v) is 3.71. The van der Waals surface area contributed by atoms with Crippen molar-refractivity contribution in [3.05, 3.63) is 35.4 Å². The Labute approximate surface area is 81.6 Å². The van der Waals surface area contributed by atoms with Gasteiger partial charge < -0.3 is 4.79 Å². The molecular weight excluding hydrogens is 193 g/mol. The van der Waals surface area contributed by atoms with Crippen LogP contribution in [0.15, 0.2) is 24.3 Å². The van der Waals surface area contributed by atoms with Gasteiger partial charge >= 0.3 is 0 Å². The van der Waals surface area contributed by atoms with Crippen molar-refractivity contribution < 1.29 is 18.0 Å². The fourth-order valence-electron chi connectivity index (χ4n) is 0.806. The Morgan fingerprint density at radius 2 is 1.71 bits per heavy atom. The molecule has 0 atom stereocenters. The van der Waals surface area contributed by atoms with Gasteiger partial charge in [-0.05, 0) is 6.92 Å². The fourth-order valence-corrected chi connectivity index (χ4v) is 0.806. The molecule has 0 aromatic heterocycles. The highest BCUT2D eigenvalue weighted by Gasteiger charge is 2.04. The molecule has 0 saturated heterocycles. The third kappa shape index (κ3) is 6.22. The Kier molecular flexibility index (Phi) is 10.6. The number of hydrogen-bond acceptors (Lipinski definition) is 1. The molecule has 0 bridgehead atoms. The molecule has 0 aliphatic carbocycles. The minimum absolute atomic E-state index is 0.0972. The molecule has 0 N–H and O–H groups in total. The molecule has 0 spiro atoms. The van der Waals surface area contributed by atoms with E-state index < -0.39 is 6.43 Å². The molecule has 0 aliphatic heterocycles. The summed E-state index contributed by atoms with van der Waals surface area (Å²) in [4.78, 5) is 8.00. The number of carbonyl (C=O) groups is 1. The molecule has 80 valence electrons. The van der Waals surface area contributed by atoms with Gasteiger partial charge in [0.05, 0.1) is 7.18 Å². The monoisotopic (exact) mass is 206 g/mol. The first-order valence-electron chi connectivity index (χ1n) is 3.71. The Balaban J connectivity index is 0. The van der Waals surface area contributed by atoms with Crippen LogP contribution in [0, 0.1) is 6.92 Å². The predicted octanol–water partition coefficient (Wildman–Crippen LogP) is 3.33. The Hall–Kier alpha value is -1.32. The van der Waals surface area contributed by atoms with Gasteiger partial charge in [-0.3, -0.25) is 4.39 Å². The van der Waals surface area contributed by atoms with Crippen molar-refractivity contribution in [3.8, 4) is 0 Å². The molecule has 0 aliphatic rings. The lowest BCUT2D eigenvalue weighted by Gasteiger charge is -1.98. The molecule has 1 nitrogen and oxygen atoms in total. The van der Waals surface area contributed by atoms with Crippen LogP contribution in [0.1, 0.15) is 17.6 Å².